The Kier molecular flexibility index (Phi) is 6.76. The third kappa shape index (κ3) is 4.65. The first-order valence-electron chi connectivity index (χ1n) is 13.8. The van der Waals surface area contributed by atoms with Crippen LogP contribution in [0.15, 0.2) is 105 Å². The summed E-state index contributed by atoms with van der Waals surface area (Å²) < 4.78 is 13.5. The first-order valence-corrected chi connectivity index (χ1v) is 15.0. The topological polar surface area (TPSA) is 73.8 Å². The van der Waals surface area contributed by atoms with Crippen LogP contribution in [-0.2, 0) is 11.2 Å². The van der Waals surface area contributed by atoms with E-state index >= 15 is 0 Å². The molecule has 7 rings (SSSR count). The zero-order chi connectivity index (χ0) is 28.8. The molecule has 208 valence electrons. The second-order valence-electron chi connectivity index (χ2n) is 10.2. The van der Waals surface area contributed by atoms with Crippen molar-refractivity contribution in [3.63, 3.8) is 0 Å². The summed E-state index contributed by atoms with van der Waals surface area (Å²) in [6, 6.07) is 26.6. The number of fused-ring (bicyclic) bond motifs is 3. The number of hydrogen-bond acceptors (Lipinski definition) is 6. The number of ether oxygens (including phenoxy) is 1. The van der Waals surface area contributed by atoms with Crippen molar-refractivity contribution < 1.29 is 13.9 Å². The number of hydrogen-bond donors (Lipinski definition) is 0. The molecular weight excluding hydrogens is 568 g/mol. The fourth-order valence-electron chi connectivity index (χ4n) is 5.67. The zero-order valence-electron chi connectivity index (χ0n) is 22.7. The Labute approximate surface area is 250 Å². The summed E-state index contributed by atoms with van der Waals surface area (Å²) in [7, 11) is 0. The highest BCUT2D eigenvalue weighted by molar-refractivity contribution is 7.07. The second-order valence-corrected chi connectivity index (χ2v) is 11.6. The molecule has 1 aliphatic carbocycles. The monoisotopic (exact) mass is 592 g/mol. The van der Waals surface area contributed by atoms with E-state index in [1.54, 1.807) is 25.1 Å². The van der Waals surface area contributed by atoms with Crippen LogP contribution in [0.5, 0.6) is 0 Å². The van der Waals surface area contributed by atoms with Crippen LogP contribution in [0.3, 0.4) is 0 Å². The van der Waals surface area contributed by atoms with E-state index in [0.29, 0.717) is 38.0 Å². The van der Waals surface area contributed by atoms with Crippen molar-refractivity contribution in [1.29, 1.82) is 0 Å². The molecule has 0 unspecified atom stereocenters. The molecule has 0 saturated heterocycles. The third-order valence-electron chi connectivity index (χ3n) is 7.64. The Balaban J connectivity index is 1.31. The van der Waals surface area contributed by atoms with Gasteiger partial charge in [-0.25, -0.2) is 9.79 Å². The van der Waals surface area contributed by atoms with Crippen molar-refractivity contribution in [1.82, 2.24) is 4.57 Å². The maximum Gasteiger partial charge on any atom is 0.338 e. The van der Waals surface area contributed by atoms with Crippen LogP contribution in [0.4, 0.5) is 0 Å². The van der Waals surface area contributed by atoms with E-state index < -0.39 is 0 Å². The lowest BCUT2D eigenvalue weighted by Gasteiger charge is -2.30. The van der Waals surface area contributed by atoms with E-state index in [9.17, 15) is 9.59 Å². The Bertz CT molecular complexity index is 2050. The molecule has 1 atom stereocenters. The zero-order valence-corrected chi connectivity index (χ0v) is 24.2. The summed E-state index contributed by atoms with van der Waals surface area (Å²) >= 11 is 7.59. The molecule has 0 N–H and O–H groups in total. The van der Waals surface area contributed by atoms with Crippen LogP contribution in [-0.4, -0.2) is 17.1 Å². The molecular formula is C34H25ClN2O4S. The molecule has 1 aliphatic heterocycles. The normalized spacial score (nSPS) is 16.0. The van der Waals surface area contributed by atoms with E-state index in [0.717, 1.165) is 40.8 Å². The number of aryl methyl sites for hydroxylation is 1. The largest absolute Gasteiger partial charge is 0.462 e. The van der Waals surface area contributed by atoms with Gasteiger partial charge in [0.1, 0.15) is 11.5 Å². The number of allylic oxidation sites excluding steroid dienone is 1. The van der Waals surface area contributed by atoms with Crippen LogP contribution in [0.25, 0.3) is 23.1 Å². The van der Waals surface area contributed by atoms with E-state index in [2.05, 4.69) is 18.2 Å². The van der Waals surface area contributed by atoms with Crippen molar-refractivity contribution in [2.24, 2.45) is 4.99 Å². The molecule has 0 radical (unpaired) electrons. The highest BCUT2D eigenvalue weighted by Gasteiger charge is 2.32. The van der Waals surface area contributed by atoms with Gasteiger partial charge in [-0.15, -0.1) is 0 Å². The van der Waals surface area contributed by atoms with Gasteiger partial charge in [0.15, 0.2) is 4.80 Å². The number of halogens is 1. The summed E-state index contributed by atoms with van der Waals surface area (Å²) in [4.78, 5) is 31.7. The first-order chi connectivity index (χ1) is 20.5. The minimum atomic E-state index is -0.360. The quantitative estimate of drug-likeness (QED) is 0.221. The lowest BCUT2D eigenvalue weighted by molar-refractivity contribution is 0.0526. The number of aromatic nitrogens is 1. The molecule has 3 heterocycles. The molecule has 2 aliphatic rings. The molecule has 3 aromatic carbocycles. The van der Waals surface area contributed by atoms with Gasteiger partial charge in [-0.05, 0) is 72.9 Å². The standard InChI is InChI=1S/C34H25ClN2O4S/c1-2-40-33(39)23-9-7-21(8-10-23)28-18-16-25(41-28)19-29-32(38)37-31(22-11-14-24(35)15-12-22)27-17-13-20-5-3-4-6-26(20)30(27)36-34(37)42-29/h3-12,14-16,18-19,31H,2,13,17H2,1H3/b29-19+/t31-/m1/s1. The maximum atomic E-state index is 14.0. The highest BCUT2D eigenvalue weighted by atomic mass is 35.5. The predicted octanol–water partition coefficient (Wildman–Crippen LogP) is 6.41. The molecule has 0 bridgehead atoms. The highest BCUT2D eigenvalue weighted by Crippen LogP contribution is 2.41. The van der Waals surface area contributed by atoms with Crippen LogP contribution in [0.1, 0.15) is 52.2 Å². The van der Waals surface area contributed by atoms with Crippen molar-refractivity contribution in [2.75, 3.05) is 6.61 Å². The summed E-state index contributed by atoms with van der Waals surface area (Å²) in [6.07, 6.45) is 3.49. The molecule has 2 aromatic heterocycles. The van der Waals surface area contributed by atoms with Crippen molar-refractivity contribution >= 4 is 40.7 Å². The molecule has 0 amide bonds. The summed E-state index contributed by atoms with van der Waals surface area (Å²) in [5.41, 5.74) is 6.68. The van der Waals surface area contributed by atoms with Crippen molar-refractivity contribution in [3.8, 4) is 11.3 Å². The Morgan fingerprint density at radius 1 is 1.05 bits per heavy atom. The van der Waals surface area contributed by atoms with Gasteiger partial charge in [0, 0.05) is 22.2 Å². The van der Waals surface area contributed by atoms with Crippen LogP contribution in [0, 0.1) is 0 Å². The lowest BCUT2D eigenvalue weighted by atomic mass is 9.83. The lowest BCUT2D eigenvalue weighted by Crippen LogP contribution is -2.38. The van der Waals surface area contributed by atoms with Gasteiger partial charge in [-0.1, -0.05) is 71.5 Å². The fraction of sp³-hybridized carbons (Fsp3) is 0.147. The van der Waals surface area contributed by atoms with E-state index in [-0.39, 0.29) is 17.6 Å². The van der Waals surface area contributed by atoms with Gasteiger partial charge in [-0.2, -0.15) is 0 Å². The SMILES string of the molecule is CCOC(=O)c1ccc(-c2ccc(/C=c3/sc4n(c3=O)[C@H](c3ccc(Cl)cc3)C3=C(N=4)c4ccccc4CC3)o2)cc1. The number of furan rings is 1. The summed E-state index contributed by atoms with van der Waals surface area (Å²) in [6.45, 7) is 2.10. The average Bonchev–Trinajstić information content (AvgIpc) is 3.61. The molecule has 5 aromatic rings. The molecule has 0 saturated carbocycles. The Morgan fingerprint density at radius 3 is 2.62 bits per heavy atom. The fourth-order valence-corrected chi connectivity index (χ4v) is 6.77. The van der Waals surface area contributed by atoms with Gasteiger partial charge in [-0.3, -0.25) is 9.36 Å². The molecule has 0 spiro atoms. The van der Waals surface area contributed by atoms with Gasteiger partial charge in [0.05, 0.1) is 28.4 Å². The van der Waals surface area contributed by atoms with E-state index in [1.165, 1.54) is 16.9 Å². The average molecular weight is 593 g/mol. The van der Waals surface area contributed by atoms with Gasteiger partial charge >= 0.3 is 5.97 Å². The van der Waals surface area contributed by atoms with E-state index in [4.69, 9.17) is 25.7 Å². The smallest absolute Gasteiger partial charge is 0.338 e. The predicted molar refractivity (Wildman–Crippen MR) is 164 cm³/mol. The maximum absolute atomic E-state index is 14.0. The Hall–Kier alpha value is -4.46. The van der Waals surface area contributed by atoms with Gasteiger partial charge in [0.25, 0.3) is 5.56 Å². The molecule has 0 fully saturated rings. The Morgan fingerprint density at radius 2 is 1.83 bits per heavy atom. The molecule has 8 heteroatoms. The van der Waals surface area contributed by atoms with Crippen molar-refractivity contribution in [3.05, 3.63) is 143 Å². The van der Waals surface area contributed by atoms with Gasteiger partial charge < -0.3 is 9.15 Å². The number of rotatable bonds is 5. The number of thiazole rings is 1. The minimum Gasteiger partial charge on any atom is -0.462 e. The number of nitrogens with zero attached hydrogens (tertiary/aromatic N) is 2. The number of carbonyl (C=O) groups excluding carboxylic acids is 1. The third-order valence-corrected chi connectivity index (χ3v) is 8.87. The summed E-state index contributed by atoms with van der Waals surface area (Å²) in [5.74, 6) is 0.832. The molecule has 6 nitrogen and oxygen atoms in total. The number of benzene rings is 3. The number of esters is 1. The second kappa shape index (κ2) is 10.7. The van der Waals surface area contributed by atoms with Crippen molar-refractivity contribution in [2.45, 2.75) is 25.8 Å². The van der Waals surface area contributed by atoms with Gasteiger partial charge in [0.2, 0.25) is 0 Å². The minimum absolute atomic E-state index is 0.110. The van der Waals surface area contributed by atoms with E-state index in [1.807, 2.05) is 59.2 Å². The molecule has 42 heavy (non-hydrogen) atoms. The van der Waals surface area contributed by atoms with Crippen LogP contribution >= 0.6 is 22.9 Å². The van der Waals surface area contributed by atoms with Crippen LogP contribution in [0.2, 0.25) is 5.02 Å². The van der Waals surface area contributed by atoms with Crippen LogP contribution < -0.4 is 14.9 Å². The summed E-state index contributed by atoms with van der Waals surface area (Å²) in [5, 5.41) is 0.651. The number of carbonyl (C=O) groups is 1. The first kappa shape index (κ1) is 26.4.